The number of hydrogen-bond acceptors (Lipinski definition) is 4. The van der Waals surface area contributed by atoms with Crippen LogP contribution in [0.5, 0.6) is 0 Å². The van der Waals surface area contributed by atoms with Gasteiger partial charge in [-0.3, -0.25) is 9.69 Å². The van der Waals surface area contributed by atoms with E-state index in [1.807, 2.05) is 36.1 Å². The van der Waals surface area contributed by atoms with E-state index in [2.05, 4.69) is 14.9 Å². The van der Waals surface area contributed by atoms with Crippen molar-refractivity contribution in [1.82, 2.24) is 19.8 Å². The van der Waals surface area contributed by atoms with E-state index in [1.54, 1.807) is 0 Å². The first-order chi connectivity index (χ1) is 11.7. The minimum Gasteiger partial charge on any atom is -0.365 e. The van der Waals surface area contributed by atoms with Crippen molar-refractivity contribution in [3.05, 3.63) is 30.1 Å². The van der Waals surface area contributed by atoms with Crippen molar-refractivity contribution >= 4 is 16.9 Å². The summed E-state index contributed by atoms with van der Waals surface area (Å²) in [6.45, 7) is 6.14. The molecule has 4 rings (SSSR count). The highest BCUT2D eigenvalue weighted by molar-refractivity contribution is 5.81. The SMILES string of the molecule is C[C@@H]1CC[C@@H](C(=O)N2CCN(Cc3nc4ccccc4[nH]3)CC2)O1. The summed E-state index contributed by atoms with van der Waals surface area (Å²) in [7, 11) is 0. The van der Waals surface area contributed by atoms with Gasteiger partial charge in [-0.15, -0.1) is 0 Å². The first kappa shape index (κ1) is 15.6. The number of aromatic nitrogens is 2. The van der Waals surface area contributed by atoms with E-state index in [9.17, 15) is 4.79 Å². The van der Waals surface area contributed by atoms with Crippen LogP contribution in [0.3, 0.4) is 0 Å². The standard InChI is InChI=1S/C18H24N4O2/c1-13-6-7-16(24-13)18(23)22-10-8-21(9-11-22)12-17-19-14-4-2-3-5-15(14)20-17/h2-5,13,16H,6-12H2,1H3,(H,19,20)/t13-,16+/m1/s1. The van der Waals surface area contributed by atoms with E-state index in [4.69, 9.17) is 4.74 Å². The fraction of sp³-hybridized carbons (Fsp3) is 0.556. The quantitative estimate of drug-likeness (QED) is 0.933. The highest BCUT2D eigenvalue weighted by Crippen LogP contribution is 2.21. The van der Waals surface area contributed by atoms with Crippen LogP contribution in [-0.4, -0.2) is 64.1 Å². The molecule has 2 fully saturated rings. The van der Waals surface area contributed by atoms with Gasteiger partial charge in [0.15, 0.2) is 0 Å². The Bertz CT molecular complexity index is 688. The average molecular weight is 328 g/mol. The van der Waals surface area contributed by atoms with Crippen LogP contribution in [0.2, 0.25) is 0 Å². The number of piperazine rings is 1. The first-order valence-electron chi connectivity index (χ1n) is 8.79. The van der Waals surface area contributed by atoms with Gasteiger partial charge < -0.3 is 14.6 Å². The number of carbonyl (C=O) groups excluding carboxylic acids is 1. The van der Waals surface area contributed by atoms with Crippen molar-refractivity contribution in [2.75, 3.05) is 26.2 Å². The zero-order chi connectivity index (χ0) is 16.5. The van der Waals surface area contributed by atoms with Crippen LogP contribution in [-0.2, 0) is 16.1 Å². The molecule has 2 aliphatic heterocycles. The molecule has 0 saturated carbocycles. The molecule has 2 atom stereocenters. The second kappa shape index (κ2) is 6.53. The average Bonchev–Trinajstić information content (AvgIpc) is 3.20. The molecule has 0 unspecified atom stereocenters. The predicted molar refractivity (Wildman–Crippen MR) is 91.5 cm³/mol. The van der Waals surface area contributed by atoms with Gasteiger partial charge in [-0.1, -0.05) is 12.1 Å². The summed E-state index contributed by atoms with van der Waals surface area (Å²) in [5.41, 5.74) is 2.09. The number of benzene rings is 1. The molecule has 0 radical (unpaired) electrons. The fourth-order valence-electron chi connectivity index (χ4n) is 3.61. The Kier molecular flexibility index (Phi) is 4.24. The van der Waals surface area contributed by atoms with Crippen LogP contribution in [0.1, 0.15) is 25.6 Å². The van der Waals surface area contributed by atoms with Gasteiger partial charge in [0.25, 0.3) is 5.91 Å². The normalized spacial score (nSPS) is 25.5. The number of hydrogen-bond donors (Lipinski definition) is 1. The van der Waals surface area contributed by atoms with Crippen LogP contribution < -0.4 is 0 Å². The number of aromatic amines is 1. The highest BCUT2D eigenvalue weighted by atomic mass is 16.5. The maximum atomic E-state index is 12.5. The van der Waals surface area contributed by atoms with E-state index in [0.717, 1.165) is 62.4 Å². The van der Waals surface area contributed by atoms with Gasteiger partial charge in [-0.2, -0.15) is 0 Å². The molecule has 1 N–H and O–H groups in total. The number of rotatable bonds is 3. The van der Waals surface area contributed by atoms with E-state index in [-0.39, 0.29) is 18.1 Å². The summed E-state index contributed by atoms with van der Waals surface area (Å²) in [4.78, 5) is 24.8. The number of carbonyl (C=O) groups is 1. The molecule has 2 aromatic rings. The van der Waals surface area contributed by atoms with Crippen molar-refractivity contribution in [2.45, 2.75) is 38.5 Å². The van der Waals surface area contributed by atoms with E-state index in [0.29, 0.717) is 0 Å². The van der Waals surface area contributed by atoms with E-state index >= 15 is 0 Å². The van der Waals surface area contributed by atoms with Gasteiger partial charge in [0.05, 0.1) is 23.7 Å². The molecular weight excluding hydrogens is 304 g/mol. The molecular formula is C18H24N4O2. The van der Waals surface area contributed by atoms with Gasteiger partial charge in [0.2, 0.25) is 0 Å². The van der Waals surface area contributed by atoms with Crippen molar-refractivity contribution in [1.29, 1.82) is 0 Å². The Hall–Kier alpha value is -1.92. The highest BCUT2D eigenvalue weighted by Gasteiger charge is 2.33. The molecule has 2 saturated heterocycles. The minimum atomic E-state index is -0.220. The summed E-state index contributed by atoms with van der Waals surface area (Å²) in [6.07, 6.45) is 1.84. The number of nitrogens with one attached hydrogen (secondary N) is 1. The zero-order valence-electron chi connectivity index (χ0n) is 14.1. The second-order valence-electron chi connectivity index (χ2n) is 6.81. The topological polar surface area (TPSA) is 61.5 Å². The molecule has 1 aromatic carbocycles. The third-order valence-corrected chi connectivity index (χ3v) is 5.00. The number of ether oxygens (including phenoxy) is 1. The number of H-pyrrole nitrogens is 1. The molecule has 24 heavy (non-hydrogen) atoms. The van der Waals surface area contributed by atoms with Gasteiger partial charge >= 0.3 is 0 Å². The van der Waals surface area contributed by atoms with Crippen molar-refractivity contribution in [3.63, 3.8) is 0 Å². The van der Waals surface area contributed by atoms with Crippen LogP contribution in [0.15, 0.2) is 24.3 Å². The molecule has 1 aromatic heterocycles. The molecule has 1 amide bonds. The van der Waals surface area contributed by atoms with Crippen LogP contribution in [0.4, 0.5) is 0 Å². The number of imidazole rings is 1. The van der Waals surface area contributed by atoms with Gasteiger partial charge in [-0.05, 0) is 31.9 Å². The second-order valence-corrected chi connectivity index (χ2v) is 6.81. The van der Waals surface area contributed by atoms with E-state index < -0.39 is 0 Å². The zero-order valence-corrected chi connectivity index (χ0v) is 14.1. The smallest absolute Gasteiger partial charge is 0.251 e. The molecule has 0 bridgehead atoms. The molecule has 128 valence electrons. The van der Waals surface area contributed by atoms with Gasteiger partial charge in [0.1, 0.15) is 11.9 Å². The lowest BCUT2D eigenvalue weighted by molar-refractivity contribution is -0.144. The summed E-state index contributed by atoms with van der Waals surface area (Å²) in [6, 6.07) is 8.09. The molecule has 0 aliphatic carbocycles. The Morgan fingerprint density at radius 3 is 2.75 bits per heavy atom. The molecule has 2 aliphatic rings. The third-order valence-electron chi connectivity index (χ3n) is 5.00. The molecule has 6 nitrogen and oxygen atoms in total. The van der Waals surface area contributed by atoms with Crippen molar-refractivity contribution in [2.24, 2.45) is 0 Å². The minimum absolute atomic E-state index is 0.169. The van der Waals surface area contributed by atoms with E-state index in [1.165, 1.54) is 0 Å². The van der Waals surface area contributed by atoms with Gasteiger partial charge in [-0.25, -0.2) is 4.98 Å². The number of amides is 1. The number of fused-ring (bicyclic) bond motifs is 1. The van der Waals surface area contributed by atoms with Crippen LogP contribution in [0.25, 0.3) is 11.0 Å². The maximum Gasteiger partial charge on any atom is 0.251 e. The summed E-state index contributed by atoms with van der Waals surface area (Å²) >= 11 is 0. The van der Waals surface area contributed by atoms with Crippen molar-refractivity contribution in [3.8, 4) is 0 Å². The maximum absolute atomic E-state index is 12.5. The Morgan fingerprint density at radius 1 is 1.25 bits per heavy atom. The van der Waals surface area contributed by atoms with Gasteiger partial charge in [0, 0.05) is 26.2 Å². The lowest BCUT2D eigenvalue weighted by Crippen LogP contribution is -2.51. The predicted octanol–water partition coefficient (Wildman–Crippen LogP) is 1.77. The summed E-state index contributed by atoms with van der Waals surface area (Å²) < 4.78 is 5.71. The molecule has 0 spiro atoms. The monoisotopic (exact) mass is 328 g/mol. The number of nitrogens with zero attached hydrogens (tertiary/aromatic N) is 3. The lowest BCUT2D eigenvalue weighted by atomic mass is 10.2. The first-order valence-corrected chi connectivity index (χ1v) is 8.79. The fourth-order valence-corrected chi connectivity index (χ4v) is 3.61. The van der Waals surface area contributed by atoms with Crippen LogP contribution in [0, 0.1) is 0 Å². The summed E-state index contributed by atoms with van der Waals surface area (Å²) in [5, 5.41) is 0. The number of para-hydroxylation sites is 2. The lowest BCUT2D eigenvalue weighted by Gasteiger charge is -2.35. The Balaban J connectivity index is 1.32. The Morgan fingerprint density at radius 2 is 2.04 bits per heavy atom. The largest absolute Gasteiger partial charge is 0.365 e. The third kappa shape index (κ3) is 3.16. The summed E-state index contributed by atoms with van der Waals surface area (Å²) in [5.74, 6) is 1.16. The molecule has 3 heterocycles. The van der Waals surface area contributed by atoms with Crippen LogP contribution >= 0.6 is 0 Å². The Labute approximate surface area is 141 Å². The molecule has 6 heteroatoms. The van der Waals surface area contributed by atoms with Crippen molar-refractivity contribution < 1.29 is 9.53 Å².